The van der Waals surface area contributed by atoms with Crippen molar-refractivity contribution in [2.24, 2.45) is 0 Å². The fourth-order valence-corrected chi connectivity index (χ4v) is 1.32. The second kappa shape index (κ2) is 1.94. The van der Waals surface area contributed by atoms with E-state index in [9.17, 15) is 5.11 Å². The number of aliphatic hydroxyl groups is 1. The molecule has 3 nitrogen and oxygen atoms in total. The first-order valence-electron chi connectivity index (χ1n) is 3.31. The van der Waals surface area contributed by atoms with E-state index in [2.05, 4.69) is 0 Å². The van der Waals surface area contributed by atoms with Gasteiger partial charge in [0.2, 0.25) is 0 Å². The molecule has 2 heterocycles. The summed E-state index contributed by atoms with van der Waals surface area (Å²) in [5.41, 5.74) is 0. The number of ether oxygens (including phenoxy) is 2. The minimum Gasteiger partial charge on any atom is -0.390 e. The average Bonchev–Trinajstić information content (AvgIpc) is 2.25. The van der Waals surface area contributed by atoms with Crippen LogP contribution < -0.4 is 0 Å². The van der Waals surface area contributed by atoms with Crippen molar-refractivity contribution >= 4 is 0 Å². The van der Waals surface area contributed by atoms with E-state index in [1.165, 1.54) is 0 Å². The molecule has 3 atom stereocenters. The summed E-state index contributed by atoms with van der Waals surface area (Å²) in [6.45, 7) is 0.575. The number of aliphatic hydroxyl groups excluding tert-OH is 1. The number of rotatable bonds is 0. The van der Waals surface area contributed by atoms with Crippen molar-refractivity contribution in [1.29, 1.82) is 0 Å². The van der Waals surface area contributed by atoms with Crippen LogP contribution in [0.1, 0.15) is 12.8 Å². The minimum absolute atomic E-state index is 0.0154. The van der Waals surface area contributed by atoms with Gasteiger partial charge in [0, 0.05) is 6.42 Å². The third-order valence-corrected chi connectivity index (χ3v) is 1.90. The van der Waals surface area contributed by atoms with Gasteiger partial charge in [0.15, 0.2) is 6.29 Å². The van der Waals surface area contributed by atoms with Crippen LogP contribution in [-0.2, 0) is 9.47 Å². The summed E-state index contributed by atoms with van der Waals surface area (Å²) in [6, 6.07) is 0. The predicted octanol–water partition coefficient (Wildman–Crippen LogP) is -0.117. The Morgan fingerprint density at radius 2 is 2.22 bits per heavy atom. The van der Waals surface area contributed by atoms with Gasteiger partial charge < -0.3 is 14.6 Å². The number of hydrogen-bond acceptors (Lipinski definition) is 3. The Balaban J connectivity index is 2.05. The summed E-state index contributed by atoms with van der Waals surface area (Å²) in [4.78, 5) is 0. The summed E-state index contributed by atoms with van der Waals surface area (Å²) in [7, 11) is 0. The van der Waals surface area contributed by atoms with Crippen molar-refractivity contribution in [3.05, 3.63) is 0 Å². The maximum atomic E-state index is 9.19. The van der Waals surface area contributed by atoms with Crippen molar-refractivity contribution < 1.29 is 14.6 Å². The lowest BCUT2D eigenvalue weighted by atomic mass is 10.1. The molecule has 1 N–H and O–H groups in total. The normalized spacial score (nSPS) is 49.7. The van der Waals surface area contributed by atoms with E-state index in [0.717, 1.165) is 12.8 Å². The topological polar surface area (TPSA) is 38.7 Å². The van der Waals surface area contributed by atoms with Crippen LogP contribution >= 0.6 is 0 Å². The maximum absolute atomic E-state index is 9.19. The zero-order chi connectivity index (χ0) is 6.27. The molecule has 2 bridgehead atoms. The van der Waals surface area contributed by atoms with Gasteiger partial charge in [-0.2, -0.15) is 0 Å². The van der Waals surface area contributed by atoms with Crippen molar-refractivity contribution in [3.8, 4) is 0 Å². The molecule has 0 aliphatic carbocycles. The predicted molar refractivity (Wildman–Crippen MR) is 29.9 cm³/mol. The first-order valence-corrected chi connectivity index (χ1v) is 3.31. The van der Waals surface area contributed by atoms with Crippen LogP contribution in [-0.4, -0.2) is 30.2 Å². The molecule has 2 aliphatic rings. The highest BCUT2D eigenvalue weighted by Crippen LogP contribution is 2.26. The SMILES string of the molecule is O[C@H]1CC[C@@H]2OC[C@H]1O2. The Morgan fingerprint density at radius 3 is 3.00 bits per heavy atom. The minimum atomic E-state index is -0.288. The quantitative estimate of drug-likeness (QED) is 0.497. The van der Waals surface area contributed by atoms with Crippen LogP contribution in [0, 0.1) is 0 Å². The molecule has 2 aliphatic heterocycles. The van der Waals surface area contributed by atoms with Gasteiger partial charge in [-0.05, 0) is 6.42 Å². The smallest absolute Gasteiger partial charge is 0.158 e. The second-order valence-electron chi connectivity index (χ2n) is 2.58. The van der Waals surface area contributed by atoms with E-state index in [1.54, 1.807) is 0 Å². The van der Waals surface area contributed by atoms with E-state index in [0.29, 0.717) is 6.61 Å². The average molecular weight is 130 g/mol. The van der Waals surface area contributed by atoms with Gasteiger partial charge in [-0.1, -0.05) is 0 Å². The number of fused-ring (bicyclic) bond motifs is 2. The monoisotopic (exact) mass is 130 g/mol. The molecule has 9 heavy (non-hydrogen) atoms. The summed E-state index contributed by atoms with van der Waals surface area (Å²) in [5, 5.41) is 9.19. The van der Waals surface area contributed by atoms with Gasteiger partial charge in [-0.3, -0.25) is 0 Å². The number of hydrogen-bond donors (Lipinski definition) is 1. The third-order valence-electron chi connectivity index (χ3n) is 1.90. The second-order valence-corrected chi connectivity index (χ2v) is 2.58. The van der Waals surface area contributed by atoms with Crippen LogP contribution in [0.3, 0.4) is 0 Å². The molecular formula is C6H10O3. The van der Waals surface area contributed by atoms with Gasteiger partial charge in [-0.25, -0.2) is 0 Å². The zero-order valence-corrected chi connectivity index (χ0v) is 5.12. The maximum Gasteiger partial charge on any atom is 0.158 e. The van der Waals surface area contributed by atoms with Gasteiger partial charge in [0.05, 0.1) is 12.7 Å². The van der Waals surface area contributed by atoms with Crippen LogP contribution in [0.5, 0.6) is 0 Å². The van der Waals surface area contributed by atoms with Gasteiger partial charge in [0.25, 0.3) is 0 Å². The molecule has 0 aromatic heterocycles. The Labute approximate surface area is 53.6 Å². The Kier molecular flexibility index (Phi) is 1.22. The first kappa shape index (κ1) is 5.65. The Morgan fingerprint density at radius 1 is 1.33 bits per heavy atom. The zero-order valence-electron chi connectivity index (χ0n) is 5.12. The molecule has 3 heteroatoms. The highest BCUT2D eigenvalue weighted by atomic mass is 16.7. The largest absolute Gasteiger partial charge is 0.390 e. The summed E-state index contributed by atoms with van der Waals surface area (Å²) in [6.07, 6.45) is 1.33. The molecule has 2 fully saturated rings. The molecule has 0 spiro atoms. The first-order chi connectivity index (χ1) is 4.36. The lowest BCUT2D eigenvalue weighted by Crippen LogP contribution is -2.32. The van der Waals surface area contributed by atoms with Crippen molar-refractivity contribution in [1.82, 2.24) is 0 Å². The van der Waals surface area contributed by atoms with Crippen LogP contribution in [0.25, 0.3) is 0 Å². The highest BCUT2D eigenvalue weighted by molar-refractivity contribution is 4.79. The fourth-order valence-electron chi connectivity index (χ4n) is 1.32. The van der Waals surface area contributed by atoms with E-state index in [1.807, 2.05) is 0 Å². The van der Waals surface area contributed by atoms with Crippen molar-refractivity contribution in [3.63, 3.8) is 0 Å². The highest BCUT2D eigenvalue weighted by Gasteiger charge is 2.36. The van der Waals surface area contributed by atoms with Crippen molar-refractivity contribution in [2.45, 2.75) is 31.3 Å². The standard InChI is InChI=1S/C6H10O3/c7-4-1-2-6-8-3-5(4)9-6/h4-7H,1-3H2/t4-,5+,6+/m0/s1. The Bertz CT molecular complexity index is 115. The molecule has 0 aromatic carbocycles. The van der Waals surface area contributed by atoms with Crippen LogP contribution in [0.2, 0.25) is 0 Å². The lowest BCUT2D eigenvalue weighted by Gasteiger charge is -2.22. The molecule has 52 valence electrons. The summed E-state index contributed by atoms with van der Waals surface area (Å²) in [5.74, 6) is 0. The van der Waals surface area contributed by atoms with Crippen LogP contribution in [0.4, 0.5) is 0 Å². The molecule has 0 aromatic rings. The van der Waals surface area contributed by atoms with E-state index in [-0.39, 0.29) is 18.5 Å². The van der Waals surface area contributed by atoms with Gasteiger partial charge >= 0.3 is 0 Å². The molecular weight excluding hydrogens is 120 g/mol. The molecule has 2 rings (SSSR count). The lowest BCUT2D eigenvalue weighted by molar-refractivity contribution is -0.119. The Hall–Kier alpha value is -0.120. The van der Waals surface area contributed by atoms with Crippen LogP contribution in [0.15, 0.2) is 0 Å². The molecule has 0 saturated carbocycles. The molecule has 2 saturated heterocycles. The summed E-state index contributed by atoms with van der Waals surface area (Å²) >= 11 is 0. The van der Waals surface area contributed by atoms with E-state index in [4.69, 9.17) is 9.47 Å². The molecule has 0 radical (unpaired) electrons. The van der Waals surface area contributed by atoms with E-state index < -0.39 is 0 Å². The van der Waals surface area contributed by atoms with Gasteiger partial charge in [0.1, 0.15) is 6.10 Å². The van der Waals surface area contributed by atoms with E-state index >= 15 is 0 Å². The summed E-state index contributed by atoms with van der Waals surface area (Å²) < 4.78 is 10.4. The fraction of sp³-hybridized carbons (Fsp3) is 1.00. The third kappa shape index (κ3) is 0.852. The molecule has 0 unspecified atom stereocenters. The van der Waals surface area contributed by atoms with Gasteiger partial charge in [-0.15, -0.1) is 0 Å². The van der Waals surface area contributed by atoms with Crippen molar-refractivity contribution in [2.75, 3.05) is 6.61 Å². The molecule has 0 amide bonds.